The van der Waals surface area contributed by atoms with Crippen molar-refractivity contribution < 1.29 is 29.0 Å². The summed E-state index contributed by atoms with van der Waals surface area (Å²) >= 11 is 12.3. The van der Waals surface area contributed by atoms with Crippen LogP contribution in [0.5, 0.6) is 0 Å². The maximum atomic E-state index is 14.9. The third-order valence-corrected chi connectivity index (χ3v) is 9.80. The van der Waals surface area contributed by atoms with E-state index in [1.54, 1.807) is 29.3 Å². The molecule has 0 amide bonds. The van der Waals surface area contributed by atoms with Gasteiger partial charge in [-0.1, -0.05) is 50.0 Å². The van der Waals surface area contributed by atoms with Crippen molar-refractivity contribution in [2.24, 2.45) is 22.7 Å². The highest BCUT2D eigenvalue weighted by Crippen LogP contribution is 2.53. The lowest BCUT2D eigenvalue weighted by atomic mass is 9.57. The lowest BCUT2D eigenvalue weighted by Gasteiger charge is -2.50. The highest BCUT2D eigenvalue weighted by atomic mass is 35.5. The van der Waals surface area contributed by atoms with E-state index in [-0.39, 0.29) is 30.5 Å². The summed E-state index contributed by atoms with van der Waals surface area (Å²) in [6, 6.07) is 5.08. The van der Waals surface area contributed by atoms with E-state index in [1.165, 1.54) is 12.2 Å². The molecule has 0 radical (unpaired) electrons. The molecule has 38 heavy (non-hydrogen) atoms. The number of anilines is 1. The Labute approximate surface area is 233 Å². The third kappa shape index (κ3) is 5.46. The van der Waals surface area contributed by atoms with Gasteiger partial charge in [0.15, 0.2) is 17.7 Å². The van der Waals surface area contributed by atoms with Gasteiger partial charge in [-0.3, -0.25) is 19.5 Å². The van der Waals surface area contributed by atoms with Crippen LogP contribution >= 0.6 is 23.2 Å². The zero-order valence-corrected chi connectivity index (χ0v) is 23.5. The van der Waals surface area contributed by atoms with Crippen LogP contribution in [0.1, 0.15) is 52.9 Å². The van der Waals surface area contributed by atoms with Crippen LogP contribution in [-0.2, 0) is 14.4 Å². The maximum absolute atomic E-state index is 14.9. The number of halogens is 3. The molecule has 1 aliphatic heterocycles. The summed E-state index contributed by atoms with van der Waals surface area (Å²) in [4.78, 5) is 31.5. The molecule has 4 rings (SSSR count). The fourth-order valence-electron chi connectivity index (χ4n) is 6.52. The standard InChI is InChI=1S/C29H36Cl2FNO5/c1-17-5-4-12-33(18-6-8-22(30)23(31)13-18)38-27(26(37)16-34)29(17,3)15-25(36)20-7-9-24(32)21-14-19(35)10-11-28(20,21)2/h6,8,10-11,13-14,17,20,24-25,27,34,36H,4-5,7,9,12,15-16H2,1-3H3. The Morgan fingerprint density at radius 2 is 1.97 bits per heavy atom. The number of fused-ring (bicyclic) bond motifs is 1. The number of allylic oxidation sites excluding steroid dienone is 4. The van der Waals surface area contributed by atoms with Gasteiger partial charge in [-0.25, -0.2) is 4.39 Å². The van der Waals surface area contributed by atoms with Crippen LogP contribution in [0, 0.1) is 22.7 Å². The number of ketones is 2. The van der Waals surface area contributed by atoms with Crippen molar-refractivity contribution in [1.29, 1.82) is 0 Å². The first-order valence-corrected chi connectivity index (χ1v) is 14.0. The van der Waals surface area contributed by atoms with Crippen LogP contribution in [0.4, 0.5) is 10.1 Å². The van der Waals surface area contributed by atoms with Crippen molar-refractivity contribution in [3.8, 4) is 0 Å². The molecule has 7 unspecified atom stereocenters. The number of Topliss-reactive ketones (excluding diaryl/α,β-unsaturated/α-hetero) is 1. The van der Waals surface area contributed by atoms with Gasteiger partial charge >= 0.3 is 0 Å². The number of alkyl halides is 1. The Morgan fingerprint density at radius 1 is 1.24 bits per heavy atom. The molecule has 1 aromatic carbocycles. The molecule has 9 heteroatoms. The van der Waals surface area contributed by atoms with Gasteiger partial charge < -0.3 is 10.2 Å². The quantitative estimate of drug-likeness (QED) is 0.460. The Balaban J connectivity index is 1.66. The van der Waals surface area contributed by atoms with Crippen LogP contribution < -0.4 is 5.06 Å². The number of aliphatic hydroxyl groups excluding tert-OH is 2. The summed E-state index contributed by atoms with van der Waals surface area (Å²) in [6.07, 6.45) is 3.71. The minimum atomic E-state index is -1.24. The number of benzene rings is 1. The van der Waals surface area contributed by atoms with E-state index in [0.717, 1.165) is 12.8 Å². The second-order valence-electron chi connectivity index (χ2n) is 11.4. The molecular weight excluding hydrogens is 532 g/mol. The van der Waals surface area contributed by atoms with E-state index < -0.39 is 41.6 Å². The van der Waals surface area contributed by atoms with Crippen LogP contribution in [0.25, 0.3) is 0 Å². The predicted molar refractivity (Wildman–Crippen MR) is 146 cm³/mol. The fraction of sp³-hybridized carbons (Fsp3) is 0.586. The summed E-state index contributed by atoms with van der Waals surface area (Å²) in [5.41, 5.74) is -0.626. The summed E-state index contributed by atoms with van der Waals surface area (Å²) in [5, 5.41) is 24.0. The van der Waals surface area contributed by atoms with Gasteiger partial charge in [0.25, 0.3) is 0 Å². The van der Waals surface area contributed by atoms with Gasteiger partial charge in [0, 0.05) is 17.4 Å². The van der Waals surface area contributed by atoms with Gasteiger partial charge in [0.2, 0.25) is 0 Å². The Hall–Kier alpha value is -1.77. The van der Waals surface area contributed by atoms with Gasteiger partial charge in [-0.15, -0.1) is 0 Å². The first kappa shape index (κ1) is 29.2. The molecule has 2 N–H and O–H groups in total. The van der Waals surface area contributed by atoms with Crippen molar-refractivity contribution in [3.63, 3.8) is 0 Å². The van der Waals surface area contributed by atoms with Crippen LogP contribution in [0.15, 0.2) is 42.0 Å². The summed E-state index contributed by atoms with van der Waals surface area (Å²) in [6.45, 7) is 5.61. The molecule has 208 valence electrons. The van der Waals surface area contributed by atoms with Crippen molar-refractivity contribution >= 4 is 40.5 Å². The van der Waals surface area contributed by atoms with Crippen LogP contribution in [0.2, 0.25) is 10.0 Å². The molecule has 1 heterocycles. The molecule has 7 atom stereocenters. The largest absolute Gasteiger partial charge is 0.393 e. The number of nitrogens with zero attached hydrogens (tertiary/aromatic N) is 1. The Bertz CT molecular complexity index is 1140. The van der Waals surface area contributed by atoms with Crippen molar-refractivity contribution in [1.82, 2.24) is 0 Å². The van der Waals surface area contributed by atoms with Gasteiger partial charge in [-0.05, 0) is 79.9 Å². The Kier molecular flexibility index (Phi) is 8.75. The van der Waals surface area contributed by atoms with Crippen molar-refractivity contribution in [2.75, 3.05) is 18.2 Å². The number of hydrogen-bond acceptors (Lipinski definition) is 6. The molecule has 2 fully saturated rings. The average molecular weight is 569 g/mol. The minimum Gasteiger partial charge on any atom is -0.393 e. The second kappa shape index (κ2) is 11.4. The Morgan fingerprint density at radius 3 is 2.66 bits per heavy atom. The van der Waals surface area contributed by atoms with E-state index in [4.69, 9.17) is 28.0 Å². The lowest BCUT2D eigenvalue weighted by Crippen LogP contribution is -2.54. The number of hydrogen-bond donors (Lipinski definition) is 2. The molecule has 1 saturated heterocycles. The first-order valence-electron chi connectivity index (χ1n) is 13.2. The van der Waals surface area contributed by atoms with Crippen LogP contribution in [-0.4, -0.2) is 53.3 Å². The van der Waals surface area contributed by atoms with Gasteiger partial charge in [0.05, 0.1) is 21.8 Å². The smallest absolute Gasteiger partial charge is 0.190 e. The van der Waals surface area contributed by atoms with E-state index >= 15 is 0 Å². The molecule has 3 aliphatic rings. The number of rotatable bonds is 6. The maximum Gasteiger partial charge on any atom is 0.190 e. The monoisotopic (exact) mass is 567 g/mol. The van der Waals surface area contributed by atoms with Crippen LogP contribution in [0.3, 0.4) is 0 Å². The molecule has 1 aromatic rings. The van der Waals surface area contributed by atoms with E-state index in [9.17, 15) is 24.2 Å². The van der Waals surface area contributed by atoms with Gasteiger partial charge in [0.1, 0.15) is 12.8 Å². The highest BCUT2D eigenvalue weighted by molar-refractivity contribution is 6.42. The van der Waals surface area contributed by atoms with Gasteiger partial charge in [-0.2, -0.15) is 0 Å². The van der Waals surface area contributed by atoms with E-state index in [2.05, 4.69) is 0 Å². The number of hydroxylamine groups is 1. The summed E-state index contributed by atoms with van der Waals surface area (Å²) in [5.74, 6) is -1.12. The first-order chi connectivity index (χ1) is 17.9. The van der Waals surface area contributed by atoms with Crippen molar-refractivity contribution in [3.05, 3.63) is 52.0 Å². The lowest BCUT2D eigenvalue weighted by molar-refractivity contribution is -0.156. The highest BCUT2D eigenvalue weighted by Gasteiger charge is 2.52. The topological polar surface area (TPSA) is 87.1 Å². The zero-order valence-electron chi connectivity index (χ0n) is 22.0. The third-order valence-electron chi connectivity index (χ3n) is 9.06. The minimum absolute atomic E-state index is 0.0302. The average Bonchev–Trinajstić information content (AvgIpc) is 2.87. The molecule has 2 aliphatic carbocycles. The fourth-order valence-corrected chi connectivity index (χ4v) is 6.81. The normalized spacial score (nSPS) is 34.7. The zero-order chi connectivity index (χ0) is 27.8. The number of carbonyl (C=O) groups excluding carboxylic acids is 2. The molecule has 0 spiro atoms. The molecule has 1 saturated carbocycles. The predicted octanol–water partition coefficient (Wildman–Crippen LogP) is 5.67. The summed E-state index contributed by atoms with van der Waals surface area (Å²) in [7, 11) is 0. The van der Waals surface area contributed by atoms with E-state index in [1.807, 2.05) is 20.8 Å². The molecule has 0 bridgehead atoms. The van der Waals surface area contributed by atoms with Crippen molar-refractivity contribution in [2.45, 2.75) is 71.3 Å². The number of aliphatic hydroxyl groups is 2. The molecule has 6 nitrogen and oxygen atoms in total. The summed E-state index contributed by atoms with van der Waals surface area (Å²) < 4.78 is 14.9. The second-order valence-corrected chi connectivity index (χ2v) is 12.2. The van der Waals surface area contributed by atoms with E-state index in [0.29, 0.717) is 34.3 Å². The number of carbonyl (C=O) groups is 2. The SMILES string of the molecule is CC1CCCN(c2ccc(Cl)c(Cl)c2)OC(C(=O)CO)C1(C)CC(O)C1CCC(F)C2=CC(=O)C=CC21C. The molecular formula is C29H36Cl2FNO5. The molecule has 0 aromatic heterocycles.